The molecule has 4 heteroatoms. The summed E-state index contributed by atoms with van der Waals surface area (Å²) >= 11 is 0. The highest BCUT2D eigenvalue weighted by molar-refractivity contribution is 6.74. The Hall–Kier alpha value is -0.193. The van der Waals surface area contributed by atoms with E-state index >= 15 is 0 Å². The van der Waals surface area contributed by atoms with Crippen molar-refractivity contribution >= 4 is 14.6 Å². The van der Waals surface area contributed by atoms with Crippen molar-refractivity contribution < 1.29 is 14.0 Å². The highest BCUT2D eigenvalue weighted by atomic mass is 28.4. The Morgan fingerprint density at radius 1 is 1.47 bits per heavy atom. The van der Waals surface area contributed by atoms with Crippen LogP contribution >= 0.6 is 0 Å². The van der Waals surface area contributed by atoms with Crippen LogP contribution < -0.4 is 0 Å². The minimum absolute atomic E-state index is 0.228. The van der Waals surface area contributed by atoms with Crippen LogP contribution in [-0.2, 0) is 14.0 Å². The fourth-order valence-electron chi connectivity index (χ4n) is 1.06. The van der Waals surface area contributed by atoms with Crippen LogP contribution in [0.3, 0.4) is 0 Å². The Bertz CT molecular complexity index is 239. The van der Waals surface area contributed by atoms with Gasteiger partial charge in [-0.2, -0.15) is 0 Å². The molecule has 88 valence electrons. The Morgan fingerprint density at radius 3 is 2.33 bits per heavy atom. The number of epoxide rings is 1. The summed E-state index contributed by atoms with van der Waals surface area (Å²) in [6, 6.07) is 0. The lowest BCUT2D eigenvalue weighted by Crippen LogP contribution is -2.41. The van der Waals surface area contributed by atoms with Gasteiger partial charge in [0.2, 0.25) is 0 Å². The van der Waals surface area contributed by atoms with E-state index in [0.717, 1.165) is 6.29 Å². The van der Waals surface area contributed by atoms with Gasteiger partial charge in [-0.05, 0) is 18.1 Å². The molecule has 0 spiro atoms. The summed E-state index contributed by atoms with van der Waals surface area (Å²) < 4.78 is 11.1. The van der Waals surface area contributed by atoms with Gasteiger partial charge < -0.3 is 14.0 Å². The zero-order valence-corrected chi connectivity index (χ0v) is 11.4. The van der Waals surface area contributed by atoms with Crippen LogP contribution in [0.1, 0.15) is 27.2 Å². The molecule has 1 aliphatic heterocycles. The largest absolute Gasteiger partial charge is 0.417 e. The number of rotatable bonds is 5. The zero-order chi connectivity index (χ0) is 11.7. The van der Waals surface area contributed by atoms with E-state index in [1.54, 1.807) is 0 Å². The number of hydrogen-bond acceptors (Lipinski definition) is 3. The van der Waals surface area contributed by atoms with Gasteiger partial charge in [-0.25, -0.2) is 0 Å². The maximum atomic E-state index is 10.7. The third-order valence-electron chi connectivity index (χ3n) is 3.52. The van der Waals surface area contributed by atoms with Gasteiger partial charge in [0.05, 0.1) is 6.61 Å². The Kier molecular flexibility index (Phi) is 3.43. The van der Waals surface area contributed by atoms with E-state index in [1.165, 1.54) is 0 Å². The van der Waals surface area contributed by atoms with Crippen molar-refractivity contribution in [2.24, 2.45) is 0 Å². The summed E-state index contributed by atoms with van der Waals surface area (Å²) in [6.45, 7) is 12.3. The van der Waals surface area contributed by atoms with Gasteiger partial charge in [-0.1, -0.05) is 20.8 Å². The molecule has 0 aromatic heterocycles. The Morgan fingerprint density at radius 2 is 2.00 bits per heavy atom. The number of aldehydes is 1. The van der Waals surface area contributed by atoms with Crippen molar-refractivity contribution in [2.45, 2.75) is 50.9 Å². The van der Waals surface area contributed by atoms with Crippen molar-refractivity contribution in [3.8, 4) is 0 Å². The van der Waals surface area contributed by atoms with Crippen molar-refractivity contribution in [3.05, 3.63) is 0 Å². The maximum absolute atomic E-state index is 10.7. The lowest BCUT2D eigenvalue weighted by Gasteiger charge is -2.36. The van der Waals surface area contributed by atoms with Gasteiger partial charge in [0, 0.05) is 13.0 Å². The van der Waals surface area contributed by atoms with Crippen LogP contribution in [0, 0.1) is 0 Å². The molecule has 0 aromatic rings. The van der Waals surface area contributed by atoms with Crippen molar-refractivity contribution in [3.63, 3.8) is 0 Å². The van der Waals surface area contributed by atoms with E-state index in [0.29, 0.717) is 19.6 Å². The summed E-state index contributed by atoms with van der Waals surface area (Å²) in [6.07, 6.45) is 1.60. The second-order valence-corrected chi connectivity index (χ2v) is 10.6. The predicted molar refractivity (Wildman–Crippen MR) is 62.5 cm³/mol. The standard InChI is InChI=1S/C11H22O3Si/c1-10(2,3)15(4,5)14-7-6-11(8-12)9-13-11/h8H,6-7,9H2,1-5H3. The van der Waals surface area contributed by atoms with Crippen molar-refractivity contribution in [1.29, 1.82) is 0 Å². The Labute approximate surface area is 93.3 Å². The van der Waals surface area contributed by atoms with Crippen molar-refractivity contribution in [1.82, 2.24) is 0 Å². The van der Waals surface area contributed by atoms with Gasteiger partial charge in [-0.3, -0.25) is 0 Å². The first-order valence-electron chi connectivity index (χ1n) is 5.47. The monoisotopic (exact) mass is 230 g/mol. The molecule has 0 aromatic carbocycles. The summed E-state index contributed by atoms with van der Waals surface area (Å²) in [5.41, 5.74) is -0.498. The van der Waals surface area contributed by atoms with Gasteiger partial charge in [0.25, 0.3) is 0 Å². The second-order valence-electron chi connectivity index (χ2n) is 5.83. The van der Waals surface area contributed by atoms with Crippen LogP contribution in [0.25, 0.3) is 0 Å². The maximum Gasteiger partial charge on any atom is 0.191 e. The molecule has 0 N–H and O–H groups in total. The highest BCUT2D eigenvalue weighted by Gasteiger charge is 2.45. The summed E-state index contributed by atoms with van der Waals surface area (Å²) in [5.74, 6) is 0. The average molecular weight is 230 g/mol. The lowest BCUT2D eigenvalue weighted by molar-refractivity contribution is -0.112. The fraction of sp³-hybridized carbons (Fsp3) is 0.909. The molecule has 0 bridgehead atoms. The highest BCUT2D eigenvalue weighted by Crippen LogP contribution is 2.37. The van der Waals surface area contributed by atoms with Gasteiger partial charge in [-0.15, -0.1) is 0 Å². The van der Waals surface area contributed by atoms with E-state index in [-0.39, 0.29) is 5.04 Å². The first-order chi connectivity index (χ1) is 6.72. The van der Waals surface area contributed by atoms with Crippen LogP contribution in [-0.4, -0.2) is 33.4 Å². The van der Waals surface area contributed by atoms with Gasteiger partial charge in [0.15, 0.2) is 14.6 Å². The molecular weight excluding hydrogens is 208 g/mol. The molecule has 1 fully saturated rings. The first-order valence-corrected chi connectivity index (χ1v) is 8.38. The third kappa shape index (κ3) is 3.13. The number of hydrogen-bond donors (Lipinski definition) is 0. The van der Waals surface area contributed by atoms with Crippen LogP contribution in [0.2, 0.25) is 18.1 Å². The van der Waals surface area contributed by atoms with Crippen LogP contribution in [0.5, 0.6) is 0 Å². The smallest absolute Gasteiger partial charge is 0.191 e. The Balaban J connectivity index is 2.34. The molecule has 1 saturated heterocycles. The SMILES string of the molecule is CC(C)(C)[Si](C)(C)OCCC1(C=O)CO1. The molecule has 1 aliphatic rings. The molecule has 1 rings (SSSR count). The molecule has 0 aliphatic carbocycles. The molecule has 3 nitrogen and oxygen atoms in total. The van der Waals surface area contributed by atoms with E-state index in [9.17, 15) is 4.79 Å². The minimum atomic E-state index is -1.66. The summed E-state index contributed by atoms with van der Waals surface area (Å²) in [4.78, 5) is 10.7. The second kappa shape index (κ2) is 4.00. The molecule has 15 heavy (non-hydrogen) atoms. The zero-order valence-electron chi connectivity index (χ0n) is 10.4. The van der Waals surface area contributed by atoms with Crippen LogP contribution in [0.15, 0.2) is 0 Å². The summed E-state index contributed by atoms with van der Waals surface area (Å²) in [7, 11) is -1.66. The van der Waals surface area contributed by atoms with Crippen molar-refractivity contribution in [2.75, 3.05) is 13.2 Å². The molecule has 1 unspecified atom stereocenters. The molecule has 1 atom stereocenters. The molecule has 0 radical (unpaired) electrons. The molecule has 1 heterocycles. The van der Waals surface area contributed by atoms with E-state index in [2.05, 4.69) is 33.9 Å². The average Bonchev–Trinajstić information content (AvgIpc) is 2.83. The van der Waals surface area contributed by atoms with E-state index in [1.807, 2.05) is 0 Å². The van der Waals surface area contributed by atoms with Gasteiger partial charge >= 0.3 is 0 Å². The normalized spacial score (nSPS) is 26.5. The number of carbonyl (C=O) groups excluding carboxylic acids is 1. The molecular formula is C11H22O3Si. The third-order valence-corrected chi connectivity index (χ3v) is 8.06. The van der Waals surface area contributed by atoms with Gasteiger partial charge in [0.1, 0.15) is 5.60 Å². The van der Waals surface area contributed by atoms with E-state index < -0.39 is 13.9 Å². The quantitative estimate of drug-likeness (QED) is 0.413. The summed E-state index contributed by atoms with van der Waals surface area (Å²) in [5, 5.41) is 0.228. The molecule has 0 saturated carbocycles. The topological polar surface area (TPSA) is 38.8 Å². The minimum Gasteiger partial charge on any atom is -0.417 e. The van der Waals surface area contributed by atoms with E-state index in [4.69, 9.17) is 9.16 Å². The predicted octanol–water partition coefficient (Wildman–Crippen LogP) is 2.37. The molecule has 0 amide bonds. The number of ether oxygens (including phenoxy) is 1. The first kappa shape index (κ1) is 12.9. The lowest BCUT2D eigenvalue weighted by atomic mass is 10.1. The number of carbonyl (C=O) groups is 1. The fourth-order valence-corrected chi connectivity index (χ4v) is 2.10. The van der Waals surface area contributed by atoms with Crippen LogP contribution in [0.4, 0.5) is 0 Å².